The number of fused-ring (bicyclic) bond motifs is 1. The Morgan fingerprint density at radius 2 is 2.10 bits per heavy atom. The molecule has 1 heterocycles. The van der Waals surface area contributed by atoms with Crippen LogP contribution >= 0.6 is 0 Å². The van der Waals surface area contributed by atoms with Crippen molar-refractivity contribution in [1.29, 1.82) is 0 Å². The smallest absolute Gasteiger partial charge is 0.267 e. The van der Waals surface area contributed by atoms with E-state index in [0.717, 1.165) is 0 Å². The fraction of sp³-hybridized carbons (Fsp3) is 0.500. The van der Waals surface area contributed by atoms with Crippen LogP contribution in [-0.2, 0) is 14.6 Å². The second kappa shape index (κ2) is 6.03. The van der Waals surface area contributed by atoms with E-state index >= 15 is 0 Å². The summed E-state index contributed by atoms with van der Waals surface area (Å²) in [6.45, 7) is 4.31. The molecule has 0 radical (unpaired) electrons. The fourth-order valence-electron chi connectivity index (χ4n) is 2.30. The Morgan fingerprint density at radius 1 is 1.38 bits per heavy atom. The molecule has 116 valence electrons. The number of carbonyl (C=O) groups is 1. The van der Waals surface area contributed by atoms with Crippen molar-refractivity contribution in [3.63, 3.8) is 0 Å². The van der Waals surface area contributed by atoms with Crippen molar-refractivity contribution >= 4 is 21.4 Å². The Labute approximate surface area is 124 Å². The van der Waals surface area contributed by atoms with Gasteiger partial charge < -0.3 is 15.4 Å². The highest BCUT2D eigenvalue weighted by Crippen LogP contribution is 2.36. The average Bonchev–Trinajstić information content (AvgIpc) is 2.46. The zero-order valence-electron chi connectivity index (χ0n) is 12.2. The second-order valence-corrected chi connectivity index (χ2v) is 7.04. The zero-order chi connectivity index (χ0) is 15.6. The Morgan fingerprint density at radius 3 is 2.71 bits per heavy atom. The molecule has 2 rings (SSSR count). The summed E-state index contributed by atoms with van der Waals surface area (Å²) in [5.74, 6) is 0.364. The lowest BCUT2D eigenvalue weighted by Crippen LogP contribution is -2.44. The maximum atomic E-state index is 12.2. The van der Waals surface area contributed by atoms with Gasteiger partial charge in [0.2, 0.25) is 0 Å². The highest BCUT2D eigenvalue weighted by atomic mass is 32.2. The molecular formula is C14H20N2O4S. The highest BCUT2D eigenvalue weighted by molar-refractivity contribution is 7.91. The van der Waals surface area contributed by atoms with E-state index in [1.54, 1.807) is 17.9 Å². The lowest BCUT2D eigenvalue weighted by Gasteiger charge is -2.32. The minimum atomic E-state index is -3.39. The number of anilines is 1. The van der Waals surface area contributed by atoms with Crippen LogP contribution in [0.3, 0.4) is 0 Å². The normalized spacial score (nSPS) is 18.3. The maximum Gasteiger partial charge on any atom is 0.267 e. The maximum absolute atomic E-state index is 12.2. The van der Waals surface area contributed by atoms with Crippen molar-refractivity contribution in [3.05, 3.63) is 18.2 Å². The van der Waals surface area contributed by atoms with Gasteiger partial charge in [-0.1, -0.05) is 0 Å². The van der Waals surface area contributed by atoms with E-state index in [1.165, 1.54) is 12.1 Å². The Kier molecular flexibility index (Phi) is 4.53. The summed E-state index contributed by atoms with van der Waals surface area (Å²) < 4.78 is 30.0. The molecular weight excluding hydrogens is 292 g/mol. The molecule has 6 nitrogen and oxygen atoms in total. The summed E-state index contributed by atoms with van der Waals surface area (Å²) in [6, 6.07) is 4.63. The average molecular weight is 312 g/mol. The summed E-state index contributed by atoms with van der Waals surface area (Å²) in [6.07, 6.45) is -0.152. The van der Waals surface area contributed by atoms with Crippen molar-refractivity contribution < 1.29 is 17.9 Å². The number of rotatable bonds is 5. The third-order valence-corrected chi connectivity index (χ3v) is 5.23. The van der Waals surface area contributed by atoms with Gasteiger partial charge in [0.1, 0.15) is 5.75 Å². The van der Waals surface area contributed by atoms with Crippen LogP contribution in [0.1, 0.15) is 20.3 Å². The van der Waals surface area contributed by atoms with E-state index in [0.29, 0.717) is 30.9 Å². The van der Waals surface area contributed by atoms with Crippen molar-refractivity contribution in [2.75, 3.05) is 23.7 Å². The van der Waals surface area contributed by atoms with Gasteiger partial charge in [0.15, 0.2) is 15.9 Å². The van der Waals surface area contributed by atoms with Gasteiger partial charge >= 0.3 is 0 Å². The number of likely N-dealkylation sites (N-methyl/N-ethyl adjacent to an activating group) is 1. The number of benzene rings is 1. The first-order valence-corrected chi connectivity index (χ1v) is 8.61. The summed E-state index contributed by atoms with van der Waals surface area (Å²) in [4.78, 5) is 13.8. The van der Waals surface area contributed by atoms with E-state index in [2.05, 4.69) is 0 Å². The number of carbonyl (C=O) groups excluding carboxylic acids is 1. The van der Waals surface area contributed by atoms with Gasteiger partial charge in [0, 0.05) is 6.54 Å². The van der Waals surface area contributed by atoms with Gasteiger partial charge in [-0.3, -0.25) is 4.79 Å². The van der Waals surface area contributed by atoms with Crippen LogP contribution < -0.4 is 15.4 Å². The second-order valence-electron chi connectivity index (χ2n) is 4.93. The molecule has 0 bridgehead atoms. The molecule has 0 spiro atoms. The van der Waals surface area contributed by atoms with Gasteiger partial charge in [0.25, 0.3) is 5.91 Å². The molecule has 7 heteroatoms. The Hall–Kier alpha value is -1.60. The summed E-state index contributed by atoms with van der Waals surface area (Å²) in [5, 5.41) is 0. The van der Waals surface area contributed by atoms with Gasteiger partial charge in [-0.15, -0.1) is 0 Å². The molecule has 1 aliphatic heterocycles. The number of sulfone groups is 1. The largest absolute Gasteiger partial charge is 0.479 e. The lowest BCUT2D eigenvalue weighted by molar-refractivity contribution is -0.125. The van der Waals surface area contributed by atoms with Gasteiger partial charge in [0.05, 0.1) is 16.3 Å². The minimum Gasteiger partial charge on any atom is -0.479 e. The Balaban J connectivity index is 2.43. The van der Waals surface area contributed by atoms with Crippen LogP contribution in [0.2, 0.25) is 0 Å². The summed E-state index contributed by atoms with van der Waals surface area (Å²) in [7, 11) is -3.39. The van der Waals surface area contributed by atoms with Crippen molar-refractivity contribution in [2.45, 2.75) is 31.3 Å². The number of hydrogen-bond acceptors (Lipinski definition) is 5. The monoisotopic (exact) mass is 312 g/mol. The first kappa shape index (κ1) is 15.8. The fourth-order valence-corrected chi connectivity index (χ4v) is 3.65. The molecule has 1 atom stereocenters. The molecule has 1 aliphatic rings. The molecule has 2 N–H and O–H groups in total. The van der Waals surface area contributed by atoms with E-state index in [4.69, 9.17) is 10.5 Å². The number of nitrogens with zero attached hydrogens (tertiary/aromatic N) is 1. The van der Waals surface area contributed by atoms with Crippen LogP contribution in [-0.4, -0.2) is 39.3 Å². The van der Waals surface area contributed by atoms with Crippen LogP contribution in [0.25, 0.3) is 0 Å². The molecule has 0 fully saturated rings. The summed E-state index contributed by atoms with van der Waals surface area (Å²) in [5.41, 5.74) is 5.87. The minimum absolute atomic E-state index is 0.000379. The first-order chi connectivity index (χ1) is 9.90. The van der Waals surface area contributed by atoms with E-state index in [1.807, 2.05) is 6.92 Å². The van der Waals surface area contributed by atoms with E-state index in [9.17, 15) is 13.2 Å². The molecule has 0 saturated heterocycles. The number of amides is 1. The van der Waals surface area contributed by atoms with Crippen molar-refractivity contribution in [3.8, 4) is 5.75 Å². The number of nitrogens with two attached hydrogens (primary N) is 1. The van der Waals surface area contributed by atoms with E-state index in [-0.39, 0.29) is 16.6 Å². The molecule has 0 saturated carbocycles. The molecule has 0 aromatic heterocycles. The van der Waals surface area contributed by atoms with Crippen molar-refractivity contribution in [2.24, 2.45) is 5.73 Å². The first-order valence-electron chi connectivity index (χ1n) is 6.95. The molecule has 1 unspecified atom stereocenters. The molecule has 0 aliphatic carbocycles. The van der Waals surface area contributed by atoms with Crippen LogP contribution in [0.4, 0.5) is 5.69 Å². The molecule has 21 heavy (non-hydrogen) atoms. The molecule has 1 aromatic carbocycles. The standard InChI is InChI=1S/C14H20N2O4S/c1-3-16-12-9-11(21(18,19)8-4-7-15)5-6-13(12)20-10(2)14(16)17/h5-6,9-10H,3-4,7-8,15H2,1-2H3. The van der Waals surface area contributed by atoms with Gasteiger partial charge in [-0.2, -0.15) is 0 Å². The SMILES string of the molecule is CCN1C(=O)C(C)Oc2ccc(S(=O)(=O)CCCN)cc21. The highest BCUT2D eigenvalue weighted by Gasteiger charge is 2.31. The van der Waals surface area contributed by atoms with Gasteiger partial charge in [-0.05, 0) is 45.0 Å². The Bertz CT molecular complexity index is 642. The van der Waals surface area contributed by atoms with E-state index < -0.39 is 15.9 Å². The van der Waals surface area contributed by atoms with Crippen LogP contribution in [0, 0.1) is 0 Å². The zero-order valence-corrected chi connectivity index (χ0v) is 13.0. The van der Waals surface area contributed by atoms with Crippen LogP contribution in [0.15, 0.2) is 23.1 Å². The number of hydrogen-bond donors (Lipinski definition) is 1. The third kappa shape index (κ3) is 3.03. The summed E-state index contributed by atoms with van der Waals surface area (Å²) >= 11 is 0. The third-order valence-electron chi connectivity index (χ3n) is 3.43. The van der Waals surface area contributed by atoms with Crippen molar-refractivity contribution in [1.82, 2.24) is 0 Å². The molecule has 1 aromatic rings. The lowest BCUT2D eigenvalue weighted by atomic mass is 10.2. The van der Waals surface area contributed by atoms with Crippen LogP contribution in [0.5, 0.6) is 5.75 Å². The number of ether oxygens (including phenoxy) is 1. The predicted molar refractivity (Wildman–Crippen MR) is 80.3 cm³/mol. The quantitative estimate of drug-likeness (QED) is 0.874. The topological polar surface area (TPSA) is 89.7 Å². The predicted octanol–water partition coefficient (Wildman–Crippen LogP) is 0.943. The molecule has 1 amide bonds. The van der Waals surface area contributed by atoms with Gasteiger partial charge in [-0.25, -0.2) is 8.42 Å².